The predicted octanol–water partition coefficient (Wildman–Crippen LogP) is 1.56. The molecular weight excluding hydrogens is 330 g/mol. The highest BCUT2D eigenvalue weighted by Crippen LogP contribution is 2.22. The number of nitrogen functional groups attached to an aromatic ring is 1. The molecule has 2 aromatic rings. The minimum Gasteiger partial charge on any atom is -0.368 e. The molecule has 8 heteroatoms. The van der Waals surface area contributed by atoms with Crippen LogP contribution in [0.4, 0.5) is 17.6 Å². The first-order chi connectivity index (χ1) is 12.4. The Kier molecular flexibility index (Phi) is 5.32. The molecule has 0 aliphatic carbocycles. The van der Waals surface area contributed by atoms with Crippen molar-refractivity contribution in [1.29, 1.82) is 0 Å². The Morgan fingerprint density at radius 1 is 1.31 bits per heavy atom. The molecule has 1 aliphatic heterocycles. The molecule has 0 unspecified atom stereocenters. The molecule has 26 heavy (non-hydrogen) atoms. The summed E-state index contributed by atoms with van der Waals surface area (Å²) in [6.07, 6.45) is 1.84. The Morgan fingerprint density at radius 3 is 2.81 bits per heavy atom. The van der Waals surface area contributed by atoms with Crippen molar-refractivity contribution in [2.75, 3.05) is 31.7 Å². The van der Waals surface area contributed by atoms with Crippen LogP contribution in [-0.4, -0.2) is 57.3 Å². The van der Waals surface area contributed by atoms with Gasteiger partial charge in [0.2, 0.25) is 17.8 Å². The summed E-state index contributed by atoms with van der Waals surface area (Å²) >= 11 is 0. The number of amides is 1. The second kappa shape index (κ2) is 7.65. The van der Waals surface area contributed by atoms with Gasteiger partial charge in [-0.25, -0.2) is 0 Å². The summed E-state index contributed by atoms with van der Waals surface area (Å²) in [7, 11) is 3.56. The van der Waals surface area contributed by atoms with E-state index in [2.05, 4.69) is 25.2 Å². The maximum Gasteiger partial charge on any atom is 0.239 e. The summed E-state index contributed by atoms with van der Waals surface area (Å²) in [5.41, 5.74) is 7.88. The maximum atomic E-state index is 12.4. The number of likely N-dealkylation sites (tertiary alicyclic amines) is 1. The molecule has 138 valence electrons. The highest BCUT2D eigenvalue weighted by molar-refractivity contribution is 5.81. The third-order valence-corrected chi connectivity index (χ3v) is 4.52. The topological polar surface area (TPSA) is 100 Å². The second-order valence-electron chi connectivity index (χ2n) is 6.73. The number of para-hydroxylation sites is 1. The van der Waals surface area contributed by atoms with Gasteiger partial charge in [-0.2, -0.15) is 15.0 Å². The summed E-state index contributed by atoms with van der Waals surface area (Å²) < 4.78 is 0. The molecule has 1 saturated heterocycles. The first-order valence-corrected chi connectivity index (χ1v) is 8.72. The van der Waals surface area contributed by atoms with Crippen molar-refractivity contribution in [3.05, 3.63) is 35.7 Å². The molecule has 1 atom stereocenters. The van der Waals surface area contributed by atoms with Crippen LogP contribution in [0.25, 0.3) is 0 Å². The Morgan fingerprint density at radius 2 is 2.08 bits per heavy atom. The fourth-order valence-electron chi connectivity index (χ4n) is 3.17. The lowest BCUT2D eigenvalue weighted by molar-refractivity contribution is -0.133. The van der Waals surface area contributed by atoms with Crippen LogP contribution in [0.2, 0.25) is 0 Å². The Labute approximate surface area is 153 Å². The molecule has 1 aromatic carbocycles. The molecule has 1 aliphatic rings. The van der Waals surface area contributed by atoms with E-state index in [4.69, 9.17) is 5.73 Å². The van der Waals surface area contributed by atoms with Gasteiger partial charge < -0.3 is 16.0 Å². The lowest BCUT2D eigenvalue weighted by Crippen LogP contribution is -2.42. The van der Waals surface area contributed by atoms with Gasteiger partial charge in [0.15, 0.2) is 0 Å². The lowest BCUT2D eigenvalue weighted by Gasteiger charge is -2.25. The first kappa shape index (κ1) is 18.1. The zero-order chi connectivity index (χ0) is 18.7. The zero-order valence-corrected chi connectivity index (χ0v) is 15.4. The van der Waals surface area contributed by atoms with E-state index in [1.807, 2.05) is 31.2 Å². The number of benzene rings is 1. The molecule has 1 aromatic heterocycles. The van der Waals surface area contributed by atoms with E-state index < -0.39 is 0 Å². The SMILES string of the molecule is Cc1ccccc1Nc1nc(N)nc(CN2CCC[C@H]2C(=O)N(C)C)n1. The summed E-state index contributed by atoms with van der Waals surface area (Å²) in [4.78, 5) is 29.0. The molecule has 1 fully saturated rings. The van der Waals surface area contributed by atoms with Gasteiger partial charge in [0.25, 0.3) is 0 Å². The van der Waals surface area contributed by atoms with E-state index in [0.717, 1.165) is 30.6 Å². The molecule has 0 bridgehead atoms. The predicted molar refractivity (Wildman–Crippen MR) is 101 cm³/mol. The van der Waals surface area contributed by atoms with Crippen LogP contribution in [0.3, 0.4) is 0 Å². The van der Waals surface area contributed by atoms with Gasteiger partial charge >= 0.3 is 0 Å². The van der Waals surface area contributed by atoms with Crippen LogP contribution < -0.4 is 11.1 Å². The molecule has 2 heterocycles. The fraction of sp³-hybridized carbons (Fsp3) is 0.444. The minimum absolute atomic E-state index is 0.114. The van der Waals surface area contributed by atoms with Crippen molar-refractivity contribution in [2.24, 2.45) is 0 Å². The van der Waals surface area contributed by atoms with Gasteiger partial charge in [-0.15, -0.1) is 0 Å². The number of nitrogens with one attached hydrogen (secondary N) is 1. The average molecular weight is 355 g/mol. The number of carbonyl (C=O) groups excluding carboxylic acids is 1. The van der Waals surface area contributed by atoms with Gasteiger partial charge in [0.05, 0.1) is 12.6 Å². The highest BCUT2D eigenvalue weighted by Gasteiger charge is 2.32. The molecule has 3 N–H and O–H groups in total. The number of hydrogen-bond donors (Lipinski definition) is 2. The van der Waals surface area contributed by atoms with Crippen molar-refractivity contribution in [3.8, 4) is 0 Å². The largest absolute Gasteiger partial charge is 0.368 e. The third-order valence-electron chi connectivity index (χ3n) is 4.52. The van der Waals surface area contributed by atoms with Crippen LogP contribution in [0.1, 0.15) is 24.2 Å². The third kappa shape index (κ3) is 4.08. The maximum absolute atomic E-state index is 12.4. The van der Waals surface area contributed by atoms with E-state index in [1.54, 1.807) is 19.0 Å². The number of carbonyl (C=O) groups is 1. The number of aryl methyl sites for hydroxylation is 1. The summed E-state index contributed by atoms with van der Waals surface area (Å²) in [5.74, 6) is 1.26. The van der Waals surface area contributed by atoms with Crippen LogP contribution in [0, 0.1) is 6.92 Å². The molecule has 3 rings (SSSR count). The number of nitrogens with two attached hydrogens (primary N) is 1. The molecule has 0 saturated carbocycles. The number of hydrogen-bond acceptors (Lipinski definition) is 7. The number of anilines is 3. The van der Waals surface area contributed by atoms with E-state index in [0.29, 0.717) is 18.3 Å². The Balaban J connectivity index is 1.77. The number of likely N-dealkylation sites (N-methyl/N-ethyl adjacent to an activating group) is 1. The molecule has 0 spiro atoms. The summed E-state index contributed by atoms with van der Waals surface area (Å²) in [6.45, 7) is 3.32. The average Bonchev–Trinajstić information content (AvgIpc) is 3.03. The van der Waals surface area contributed by atoms with Crippen molar-refractivity contribution < 1.29 is 4.79 Å². The molecular formula is C18H25N7O. The van der Waals surface area contributed by atoms with Gasteiger partial charge in [-0.3, -0.25) is 9.69 Å². The standard InChI is InChI=1S/C18H25N7O/c1-12-7-4-5-8-13(12)20-18-22-15(21-17(19)23-18)11-25-10-6-9-14(25)16(26)24(2)3/h4-5,7-8,14H,6,9-11H2,1-3H3,(H3,19,20,21,22,23)/t14-/m0/s1. The van der Waals surface area contributed by atoms with Gasteiger partial charge in [0.1, 0.15) is 5.82 Å². The van der Waals surface area contributed by atoms with E-state index in [-0.39, 0.29) is 17.9 Å². The fourth-order valence-corrected chi connectivity index (χ4v) is 3.17. The quantitative estimate of drug-likeness (QED) is 0.839. The van der Waals surface area contributed by atoms with Crippen LogP contribution in [0.15, 0.2) is 24.3 Å². The van der Waals surface area contributed by atoms with E-state index >= 15 is 0 Å². The van der Waals surface area contributed by atoms with Crippen molar-refractivity contribution in [1.82, 2.24) is 24.8 Å². The van der Waals surface area contributed by atoms with Crippen LogP contribution in [0.5, 0.6) is 0 Å². The molecule has 1 amide bonds. The first-order valence-electron chi connectivity index (χ1n) is 8.72. The molecule has 8 nitrogen and oxygen atoms in total. The highest BCUT2D eigenvalue weighted by atomic mass is 16.2. The summed E-state index contributed by atoms with van der Waals surface area (Å²) in [6, 6.07) is 7.76. The van der Waals surface area contributed by atoms with Crippen LogP contribution >= 0.6 is 0 Å². The monoisotopic (exact) mass is 355 g/mol. The van der Waals surface area contributed by atoms with E-state index in [1.165, 1.54) is 0 Å². The zero-order valence-electron chi connectivity index (χ0n) is 15.4. The van der Waals surface area contributed by atoms with E-state index in [9.17, 15) is 4.79 Å². The number of rotatable bonds is 5. The van der Waals surface area contributed by atoms with Gasteiger partial charge in [0, 0.05) is 19.8 Å². The summed E-state index contributed by atoms with van der Waals surface area (Å²) in [5, 5.41) is 3.19. The van der Waals surface area contributed by atoms with Crippen molar-refractivity contribution >= 4 is 23.5 Å². The Hall–Kier alpha value is -2.74. The lowest BCUT2D eigenvalue weighted by atomic mass is 10.2. The number of aromatic nitrogens is 3. The van der Waals surface area contributed by atoms with Crippen LogP contribution in [-0.2, 0) is 11.3 Å². The normalized spacial score (nSPS) is 17.3. The smallest absolute Gasteiger partial charge is 0.239 e. The van der Waals surface area contributed by atoms with Crippen molar-refractivity contribution in [2.45, 2.75) is 32.4 Å². The molecule has 0 radical (unpaired) electrons. The number of nitrogens with zero attached hydrogens (tertiary/aromatic N) is 5. The second-order valence-corrected chi connectivity index (χ2v) is 6.73. The Bertz CT molecular complexity index is 793. The van der Waals surface area contributed by atoms with Gasteiger partial charge in [-0.1, -0.05) is 18.2 Å². The minimum atomic E-state index is -0.129. The van der Waals surface area contributed by atoms with Crippen molar-refractivity contribution in [3.63, 3.8) is 0 Å². The van der Waals surface area contributed by atoms with Gasteiger partial charge in [-0.05, 0) is 37.9 Å².